The third-order valence-corrected chi connectivity index (χ3v) is 1.19. The molecule has 0 fully saturated rings. The number of nitrogen functional groups attached to an aromatic ring is 1. The van der Waals surface area contributed by atoms with Crippen molar-refractivity contribution in [2.24, 2.45) is 0 Å². The van der Waals surface area contributed by atoms with Crippen LogP contribution < -0.4 is 5.73 Å². The highest BCUT2D eigenvalue weighted by Crippen LogP contribution is 2.02. The predicted octanol–water partition coefficient (Wildman–Crippen LogP) is 1.72. The van der Waals surface area contributed by atoms with E-state index in [1.165, 1.54) is 12.1 Å². The minimum atomic E-state index is -0.980. The number of alkyl halides is 1. The lowest BCUT2D eigenvalue weighted by Gasteiger charge is -1.88. The Labute approximate surface area is 79.9 Å². The molecule has 0 aliphatic heterocycles. The fourth-order valence-electron chi connectivity index (χ4n) is 0.507. The van der Waals surface area contributed by atoms with Crippen LogP contribution in [0.3, 0.4) is 0 Å². The summed E-state index contributed by atoms with van der Waals surface area (Å²) in [5, 5.41) is 7.59. The number of carboxylic acids is 1. The third kappa shape index (κ3) is 7.08. The Morgan fingerprint density at radius 1 is 1.62 bits per heavy atom. The van der Waals surface area contributed by atoms with E-state index >= 15 is 0 Å². The lowest BCUT2D eigenvalue weighted by Crippen LogP contribution is -1.92. The molecule has 1 rings (SSSR count). The summed E-state index contributed by atoms with van der Waals surface area (Å²) in [4.78, 5) is 9.24. The Kier molecular flexibility index (Phi) is 5.63. The molecule has 0 spiro atoms. The molecule has 3 N–H and O–H groups in total. The average molecular weight is 206 g/mol. The normalized spacial score (nSPS) is 8.46. The van der Waals surface area contributed by atoms with E-state index in [4.69, 9.17) is 22.4 Å². The molecule has 0 saturated carbocycles. The maximum Gasteiger partial charge on any atom is 0.318 e. The first-order valence-electron chi connectivity index (χ1n) is 3.35. The molecule has 0 aromatic heterocycles. The SMILES string of the molecule is Nc1cccc(F)c1.O=C(O)CCl. The molecule has 0 unspecified atom stereocenters. The van der Waals surface area contributed by atoms with E-state index < -0.39 is 5.97 Å². The molecule has 0 atom stereocenters. The fourth-order valence-corrected chi connectivity index (χ4v) is 0.507. The minimum Gasteiger partial charge on any atom is -0.480 e. The standard InChI is InChI=1S/C6H6FN.C2H3ClO2/c7-5-2-1-3-6(8)4-5;3-1-2(4)5/h1-4H,8H2;1H2,(H,4,5). The maximum absolute atomic E-state index is 12.1. The van der Waals surface area contributed by atoms with Gasteiger partial charge in [0, 0.05) is 5.69 Å². The first-order chi connectivity index (χ1) is 6.06. The largest absolute Gasteiger partial charge is 0.480 e. The van der Waals surface area contributed by atoms with E-state index in [0.29, 0.717) is 5.69 Å². The Bertz CT molecular complexity index is 263. The number of nitrogens with two attached hydrogens (primary N) is 1. The van der Waals surface area contributed by atoms with Crippen molar-refractivity contribution in [3.05, 3.63) is 30.1 Å². The summed E-state index contributed by atoms with van der Waals surface area (Å²) in [7, 11) is 0. The second-order valence-electron chi connectivity index (χ2n) is 2.08. The van der Waals surface area contributed by atoms with E-state index in [0.717, 1.165) is 0 Å². The van der Waals surface area contributed by atoms with E-state index in [9.17, 15) is 9.18 Å². The summed E-state index contributed by atoms with van der Waals surface area (Å²) >= 11 is 4.74. The van der Waals surface area contributed by atoms with Gasteiger partial charge in [-0.1, -0.05) is 6.07 Å². The van der Waals surface area contributed by atoms with Gasteiger partial charge in [0.05, 0.1) is 0 Å². The summed E-state index contributed by atoms with van der Waals surface area (Å²) in [5.41, 5.74) is 5.68. The quantitative estimate of drug-likeness (QED) is 0.542. The Hall–Kier alpha value is -1.29. The molecule has 0 saturated heterocycles. The van der Waals surface area contributed by atoms with Gasteiger partial charge in [0.15, 0.2) is 0 Å². The van der Waals surface area contributed by atoms with Crippen LogP contribution in [0.5, 0.6) is 0 Å². The maximum atomic E-state index is 12.1. The zero-order chi connectivity index (χ0) is 10.3. The fraction of sp³-hybridized carbons (Fsp3) is 0.125. The van der Waals surface area contributed by atoms with Crippen molar-refractivity contribution < 1.29 is 14.3 Å². The number of carbonyl (C=O) groups is 1. The van der Waals surface area contributed by atoms with Crippen LogP contribution in [0.25, 0.3) is 0 Å². The molecule has 0 amide bonds. The number of benzene rings is 1. The summed E-state index contributed by atoms with van der Waals surface area (Å²) < 4.78 is 12.1. The van der Waals surface area contributed by atoms with Crippen molar-refractivity contribution in [2.45, 2.75) is 0 Å². The molecule has 0 aliphatic rings. The van der Waals surface area contributed by atoms with Gasteiger partial charge in [-0.25, -0.2) is 4.39 Å². The van der Waals surface area contributed by atoms with Gasteiger partial charge in [-0.3, -0.25) is 4.79 Å². The summed E-state index contributed by atoms with van der Waals surface area (Å²) in [5.74, 6) is -1.57. The Morgan fingerprint density at radius 2 is 2.15 bits per heavy atom. The van der Waals surface area contributed by atoms with Gasteiger partial charge in [-0.05, 0) is 18.2 Å². The van der Waals surface area contributed by atoms with Crippen LogP contribution in [0.1, 0.15) is 0 Å². The van der Waals surface area contributed by atoms with Crippen LogP contribution in [-0.2, 0) is 4.79 Å². The third-order valence-electron chi connectivity index (χ3n) is 0.963. The molecule has 1 aromatic carbocycles. The van der Waals surface area contributed by atoms with Gasteiger partial charge in [0.1, 0.15) is 11.7 Å². The minimum absolute atomic E-state index is 0.287. The molecule has 0 aliphatic carbocycles. The highest BCUT2D eigenvalue weighted by Gasteiger charge is 1.85. The molecule has 5 heteroatoms. The van der Waals surface area contributed by atoms with Crippen LogP contribution in [0.15, 0.2) is 24.3 Å². The summed E-state index contributed by atoms with van der Waals surface area (Å²) in [6.07, 6.45) is 0. The lowest BCUT2D eigenvalue weighted by molar-refractivity contribution is -0.134. The first-order valence-corrected chi connectivity index (χ1v) is 3.88. The number of anilines is 1. The molecule has 1 aromatic rings. The van der Waals surface area contributed by atoms with Crippen LogP contribution in [0.4, 0.5) is 10.1 Å². The second kappa shape index (κ2) is 6.25. The molecule has 0 radical (unpaired) electrons. The van der Waals surface area contributed by atoms with Crippen molar-refractivity contribution >= 4 is 23.3 Å². The smallest absolute Gasteiger partial charge is 0.318 e. The zero-order valence-electron chi connectivity index (χ0n) is 6.71. The van der Waals surface area contributed by atoms with E-state index in [2.05, 4.69) is 0 Å². The van der Waals surface area contributed by atoms with Crippen LogP contribution in [0.2, 0.25) is 0 Å². The van der Waals surface area contributed by atoms with E-state index in [1.807, 2.05) is 0 Å². The number of hydrogen-bond acceptors (Lipinski definition) is 2. The van der Waals surface area contributed by atoms with Gasteiger partial charge in [0.2, 0.25) is 0 Å². The highest BCUT2D eigenvalue weighted by molar-refractivity contribution is 6.26. The lowest BCUT2D eigenvalue weighted by atomic mass is 10.3. The molecule has 3 nitrogen and oxygen atoms in total. The van der Waals surface area contributed by atoms with Gasteiger partial charge in [0.25, 0.3) is 0 Å². The molecule has 0 bridgehead atoms. The number of carboxylic acid groups (broad SMARTS) is 1. The Balaban J connectivity index is 0.000000252. The van der Waals surface area contributed by atoms with E-state index in [-0.39, 0.29) is 11.7 Å². The van der Waals surface area contributed by atoms with Crippen LogP contribution in [-0.4, -0.2) is 17.0 Å². The number of halogens is 2. The monoisotopic (exact) mass is 205 g/mol. The molecular formula is C8H9ClFNO2. The van der Waals surface area contributed by atoms with Gasteiger partial charge < -0.3 is 10.8 Å². The van der Waals surface area contributed by atoms with Crippen molar-refractivity contribution in [1.82, 2.24) is 0 Å². The van der Waals surface area contributed by atoms with Crippen molar-refractivity contribution in [3.63, 3.8) is 0 Å². The van der Waals surface area contributed by atoms with Gasteiger partial charge >= 0.3 is 5.97 Å². The molecule has 0 heterocycles. The number of rotatable bonds is 1. The summed E-state index contributed by atoms with van der Waals surface area (Å²) in [6, 6.07) is 5.85. The molecular weight excluding hydrogens is 197 g/mol. The van der Waals surface area contributed by atoms with Gasteiger partial charge in [-0.15, -0.1) is 11.6 Å². The second-order valence-corrected chi connectivity index (χ2v) is 2.35. The molecule has 72 valence electrons. The zero-order valence-corrected chi connectivity index (χ0v) is 7.46. The molecule has 13 heavy (non-hydrogen) atoms. The summed E-state index contributed by atoms with van der Waals surface area (Å²) in [6.45, 7) is 0. The van der Waals surface area contributed by atoms with Crippen LogP contribution in [0, 0.1) is 5.82 Å². The highest BCUT2D eigenvalue weighted by atomic mass is 35.5. The Morgan fingerprint density at radius 3 is 2.38 bits per heavy atom. The number of hydrogen-bond donors (Lipinski definition) is 2. The van der Waals surface area contributed by atoms with Crippen molar-refractivity contribution in [3.8, 4) is 0 Å². The first kappa shape index (κ1) is 11.7. The topological polar surface area (TPSA) is 63.3 Å². The van der Waals surface area contributed by atoms with Gasteiger partial charge in [-0.2, -0.15) is 0 Å². The van der Waals surface area contributed by atoms with E-state index in [1.54, 1.807) is 12.1 Å². The van der Waals surface area contributed by atoms with Crippen molar-refractivity contribution in [1.29, 1.82) is 0 Å². The van der Waals surface area contributed by atoms with Crippen LogP contribution >= 0.6 is 11.6 Å². The van der Waals surface area contributed by atoms with Crippen molar-refractivity contribution in [2.75, 3.05) is 11.6 Å². The predicted molar refractivity (Wildman–Crippen MR) is 49.2 cm³/mol. The average Bonchev–Trinajstić information content (AvgIpc) is 2.05. The number of aliphatic carboxylic acids is 1.